The van der Waals surface area contributed by atoms with Crippen molar-refractivity contribution < 1.29 is 9.53 Å². The lowest BCUT2D eigenvalue weighted by molar-refractivity contribution is -0.117. The van der Waals surface area contributed by atoms with Crippen LogP contribution in [0.2, 0.25) is 0 Å². The number of hydrogen-bond donors (Lipinski definition) is 0. The van der Waals surface area contributed by atoms with Crippen molar-refractivity contribution in [1.29, 1.82) is 0 Å². The van der Waals surface area contributed by atoms with E-state index in [2.05, 4.69) is 18.0 Å². The first-order valence-corrected chi connectivity index (χ1v) is 9.15. The van der Waals surface area contributed by atoms with Crippen molar-refractivity contribution in [1.82, 2.24) is 4.57 Å². The van der Waals surface area contributed by atoms with Gasteiger partial charge in [-0.05, 0) is 50.1 Å². The maximum Gasteiger partial charge on any atom is 0.252 e. The Morgan fingerprint density at radius 1 is 1.20 bits per heavy atom. The van der Waals surface area contributed by atoms with Crippen LogP contribution >= 0.6 is 11.3 Å². The van der Waals surface area contributed by atoms with Gasteiger partial charge in [0.1, 0.15) is 5.75 Å². The van der Waals surface area contributed by atoms with E-state index in [0.29, 0.717) is 17.8 Å². The number of thiazole rings is 1. The van der Waals surface area contributed by atoms with E-state index < -0.39 is 0 Å². The number of rotatable bonds is 4. The van der Waals surface area contributed by atoms with Gasteiger partial charge in [-0.1, -0.05) is 35.1 Å². The van der Waals surface area contributed by atoms with Gasteiger partial charge in [0, 0.05) is 7.05 Å². The van der Waals surface area contributed by atoms with Gasteiger partial charge in [0.05, 0.1) is 23.2 Å². The lowest BCUT2D eigenvalue weighted by Gasteiger charge is -2.04. The molecule has 0 unspecified atom stereocenters. The molecule has 5 heteroatoms. The molecule has 0 radical (unpaired) electrons. The van der Waals surface area contributed by atoms with E-state index in [1.165, 1.54) is 16.9 Å². The molecule has 3 aromatic rings. The quantitative estimate of drug-likeness (QED) is 0.713. The SMILES string of the molecule is CCOc1ccc2c(c1)sc(=NC(=O)Cc1ccc(C)cc1C)n2C. The number of carbonyl (C=O) groups is 1. The van der Waals surface area contributed by atoms with Crippen LogP contribution in [0.1, 0.15) is 23.6 Å². The highest BCUT2D eigenvalue weighted by Gasteiger charge is 2.08. The second kappa shape index (κ2) is 7.23. The number of fused-ring (bicyclic) bond motifs is 1. The van der Waals surface area contributed by atoms with Crippen LogP contribution in [0.25, 0.3) is 10.2 Å². The minimum absolute atomic E-state index is 0.126. The Bertz CT molecular complexity index is 999. The van der Waals surface area contributed by atoms with E-state index in [1.54, 1.807) is 0 Å². The second-order valence-electron chi connectivity index (χ2n) is 6.12. The maximum absolute atomic E-state index is 12.4. The molecule has 0 atom stereocenters. The number of ether oxygens (including phenoxy) is 1. The fourth-order valence-corrected chi connectivity index (χ4v) is 3.89. The van der Waals surface area contributed by atoms with Crippen LogP contribution in [-0.4, -0.2) is 17.1 Å². The summed E-state index contributed by atoms with van der Waals surface area (Å²) in [7, 11) is 1.93. The monoisotopic (exact) mass is 354 g/mol. The van der Waals surface area contributed by atoms with Crippen LogP contribution < -0.4 is 9.54 Å². The number of benzene rings is 2. The molecule has 0 saturated carbocycles. The van der Waals surface area contributed by atoms with Gasteiger partial charge >= 0.3 is 0 Å². The molecule has 1 amide bonds. The predicted octanol–water partition coefficient (Wildman–Crippen LogP) is 3.93. The molecule has 4 nitrogen and oxygen atoms in total. The molecule has 0 aliphatic heterocycles. The number of nitrogens with zero attached hydrogens (tertiary/aromatic N) is 2. The van der Waals surface area contributed by atoms with Gasteiger partial charge in [0.2, 0.25) is 0 Å². The molecule has 0 fully saturated rings. The number of hydrogen-bond acceptors (Lipinski definition) is 3. The summed E-state index contributed by atoms with van der Waals surface area (Å²) in [5, 5.41) is 0. The molecular weight excluding hydrogens is 332 g/mol. The van der Waals surface area contributed by atoms with Gasteiger partial charge in [-0.15, -0.1) is 0 Å². The van der Waals surface area contributed by atoms with Crippen molar-refractivity contribution in [2.24, 2.45) is 12.0 Å². The first kappa shape index (κ1) is 17.4. The summed E-state index contributed by atoms with van der Waals surface area (Å²) in [6.07, 6.45) is 0.324. The van der Waals surface area contributed by atoms with Gasteiger partial charge < -0.3 is 9.30 Å². The van der Waals surface area contributed by atoms with Crippen LogP contribution in [0.4, 0.5) is 0 Å². The highest BCUT2D eigenvalue weighted by atomic mass is 32.1. The average molecular weight is 354 g/mol. The lowest BCUT2D eigenvalue weighted by atomic mass is 10.0. The molecule has 0 saturated heterocycles. The summed E-state index contributed by atoms with van der Waals surface area (Å²) in [4.78, 5) is 17.5. The molecule has 0 spiro atoms. The van der Waals surface area contributed by atoms with E-state index in [9.17, 15) is 4.79 Å². The maximum atomic E-state index is 12.4. The fraction of sp³-hybridized carbons (Fsp3) is 0.300. The Kier molecular flexibility index (Phi) is 5.04. The topological polar surface area (TPSA) is 43.6 Å². The summed E-state index contributed by atoms with van der Waals surface area (Å²) in [6.45, 7) is 6.68. The van der Waals surface area contributed by atoms with Crippen molar-refractivity contribution in [2.75, 3.05) is 6.61 Å². The third-order valence-electron chi connectivity index (χ3n) is 4.15. The Morgan fingerprint density at radius 2 is 2.00 bits per heavy atom. The van der Waals surface area contributed by atoms with Gasteiger partial charge in [0.15, 0.2) is 4.80 Å². The molecule has 0 aliphatic carbocycles. The fourth-order valence-electron chi connectivity index (χ4n) is 2.83. The number of amides is 1. The highest BCUT2D eigenvalue weighted by Crippen LogP contribution is 2.22. The summed E-state index contributed by atoms with van der Waals surface area (Å²) >= 11 is 1.50. The molecule has 0 N–H and O–H groups in total. The first-order chi connectivity index (χ1) is 12.0. The van der Waals surface area contributed by atoms with E-state index in [1.807, 2.05) is 55.8 Å². The van der Waals surface area contributed by atoms with Crippen LogP contribution in [0.5, 0.6) is 5.75 Å². The van der Waals surface area contributed by atoms with Crippen LogP contribution in [0.3, 0.4) is 0 Å². The lowest BCUT2D eigenvalue weighted by Crippen LogP contribution is -2.14. The van der Waals surface area contributed by atoms with Crippen LogP contribution in [-0.2, 0) is 18.3 Å². The molecule has 0 bridgehead atoms. The van der Waals surface area contributed by atoms with Crippen molar-refractivity contribution in [3.8, 4) is 5.75 Å². The number of aryl methyl sites for hydroxylation is 3. The zero-order chi connectivity index (χ0) is 18.0. The summed E-state index contributed by atoms with van der Waals surface area (Å²) < 4.78 is 8.56. The predicted molar refractivity (Wildman–Crippen MR) is 102 cm³/mol. The molecule has 25 heavy (non-hydrogen) atoms. The summed E-state index contributed by atoms with van der Waals surface area (Å²) in [5.41, 5.74) is 4.41. The molecule has 130 valence electrons. The number of aromatic nitrogens is 1. The first-order valence-electron chi connectivity index (χ1n) is 8.34. The van der Waals surface area contributed by atoms with Gasteiger partial charge in [-0.25, -0.2) is 0 Å². The third kappa shape index (κ3) is 3.82. The van der Waals surface area contributed by atoms with Crippen molar-refractivity contribution in [3.05, 3.63) is 57.9 Å². The van der Waals surface area contributed by atoms with Crippen molar-refractivity contribution in [3.63, 3.8) is 0 Å². The normalized spacial score (nSPS) is 11.9. The van der Waals surface area contributed by atoms with Gasteiger partial charge in [-0.2, -0.15) is 4.99 Å². The summed E-state index contributed by atoms with van der Waals surface area (Å²) in [5.74, 6) is 0.712. The van der Waals surface area contributed by atoms with E-state index in [0.717, 1.165) is 27.1 Å². The third-order valence-corrected chi connectivity index (χ3v) is 5.25. The minimum Gasteiger partial charge on any atom is -0.494 e. The molecule has 0 aliphatic rings. The standard InChI is InChI=1S/C20H22N2O2S/c1-5-24-16-8-9-17-18(12-16)25-20(22(17)4)21-19(23)11-15-7-6-13(2)10-14(15)3/h6-10,12H,5,11H2,1-4H3. The molecule has 1 aromatic heterocycles. The zero-order valence-electron chi connectivity index (χ0n) is 15.0. The molecule has 1 heterocycles. The zero-order valence-corrected chi connectivity index (χ0v) is 15.8. The smallest absolute Gasteiger partial charge is 0.252 e. The Hall–Kier alpha value is -2.40. The minimum atomic E-state index is -0.126. The van der Waals surface area contributed by atoms with E-state index in [-0.39, 0.29) is 5.91 Å². The number of carbonyl (C=O) groups excluding carboxylic acids is 1. The second-order valence-corrected chi connectivity index (χ2v) is 7.13. The largest absolute Gasteiger partial charge is 0.494 e. The molecular formula is C20H22N2O2S. The van der Waals surface area contributed by atoms with Gasteiger partial charge in [-0.3, -0.25) is 4.79 Å². The highest BCUT2D eigenvalue weighted by molar-refractivity contribution is 7.16. The Morgan fingerprint density at radius 3 is 2.72 bits per heavy atom. The van der Waals surface area contributed by atoms with Crippen molar-refractivity contribution >= 4 is 27.5 Å². The Labute approximate surface area is 151 Å². The van der Waals surface area contributed by atoms with E-state index >= 15 is 0 Å². The van der Waals surface area contributed by atoms with E-state index in [4.69, 9.17) is 4.74 Å². The average Bonchev–Trinajstić information content (AvgIpc) is 2.86. The van der Waals surface area contributed by atoms with Crippen LogP contribution in [0, 0.1) is 13.8 Å². The van der Waals surface area contributed by atoms with Crippen molar-refractivity contribution in [2.45, 2.75) is 27.2 Å². The Balaban J connectivity index is 1.91. The molecule has 2 aromatic carbocycles. The van der Waals surface area contributed by atoms with Gasteiger partial charge in [0.25, 0.3) is 5.91 Å². The molecule has 3 rings (SSSR count). The summed E-state index contributed by atoms with van der Waals surface area (Å²) in [6, 6.07) is 12.1. The van der Waals surface area contributed by atoms with Crippen LogP contribution in [0.15, 0.2) is 41.4 Å².